The Hall–Kier alpha value is -1.83. The first-order valence-electron chi connectivity index (χ1n) is 6.21. The van der Waals surface area contributed by atoms with Gasteiger partial charge < -0.3 is 5.43 Å². The van der Waals surface area contributed by atoms with Gasteiger partial charge >= 0.3 is 0 Å². The number of sulfonamides is 1. The summed E-state index contributed by atoms with van der Waals surface area (Å²) >= 11 is 5.90. The van der Waals surface area contributed by atoms with Crippen LogP contribution in [-0.4, -0.2) is 13.4 Å². The van der Waals surface area contributed by atoms with Crippen LogP contribution in [0.5, 0.6) is 0 Å². The van der Waals surface area contributed by atoms with Gasteiger partial charge in [-0.3, -0.25) is 4.72 Å². The largest absolute Gasteiger partial charge is 0.307 e. The maximum Gasteiger partial charge on any atom is 0.263 e. The molecular weight excluding hydrogens is 312 g/mol. The van der Waals surface area contributed by atoms with E-state index in [4.69, 9.17) is 17.4 Å². The van der Waals surface area contributed by atoms with Gasteiger partial charge in [-0.1, -0.05) is 36.7 Å². The number of benzene rings is 1. The molecule has 8 heteroatoms. The number of para-hydroxylation sites is 1. The summed E-state index contributed by atoms with van der Waals surface area (Å²) in [5.74, 6) is 5.42. The van der Waals surface area contributed by atoms with E-state index < -0.39 is 10.0 Å². The molecule has 0 bridgehead atoms. The van der Waals surface area contributed by atoms with Crippen molar-refractivity contribution in [1.29, 1.82) is 0 Å². The summed E-state index contributed by atoms with van der Waals surface area (Å²) in [7, 11) is -3.76. The molecule has 4 N–H and O–H groups in total. The standard InChI is InChI=1S/C13H15ClN4O2S/c1-2-9-5-3-4-6-12(9)18-21(19,20)10-7-11(14)13(17-15)16-8-10/h3-8,18H,2,15H2,1H3,(H,16,17). The maximum atomic E-state index is 12.4. The molecule has 1 heterocycles. The molecule has 1 aromatic heterocycles. The first kappa shape index (κ1) is 15.6. The van der Waals surface area contributed by atoms with Crippen LogP contribution in [0.4, 0.5) is 11.5 Å². The zero-order chi connectivity index (χ0) is 15.5. The van der Waals surface area contributed by atoms with Gasteiger partial charge in [-0.2, -0.15) is 0 Å². The van der Waals surface area contributed by atoms with E-state index in [-0.39, 0.29) is 15.7 Å². The highest BCUT2D eigenvalue weighted by molar-refractivity contribution is 7.92. The SMILES string of the molecule is CCc1ccccc1NS(=O)(=O)c1cnc(NN)c(Cl)c1. The van der Waals surface area contributed by atoms with Crippen LogP contribution >= 0.6 is 11.6 Å². The molecule has 0 amide bonds. The quantitative estimate of drug-likeness (QED) is 0.579. The highest BCUT2D eigenvalue weighted by Crippen LogP contribution is 2.24. The second kappa shape index (κ2) is 6.30. The van der Waals surface area contributed by atoms with Crippen LogP contribution in [-0.2, 0) is 16.4 Å². The minimum atomic E-state index is -3.76. The predicted octanol–water partition coefficient (Wildman–Crippen LogP) is 2.38. The lowest BCUT2D eigenvalue weighted by Crippen LogP contribution is -2.15. The molecule has 2 aromatic rings. The predicted molar refractivity (Wildman–Crippen MR) is 83.7 cm³/mol. The van der Waals surface area contributed by atoms with Crippen LogP contribution < -0.4 is 16.0 Å². The van der Waals surface area contributed by atoms with E-state index in [1.54, 1.807) is 12.1 Å². The number of hydrazine groups is 1. The third-order valence-corrected chi connectivity index (χ3v) is 4.53. The van der Waals surface area contributed by atoms with Gasteiger partial charge in [0.2, 0.25) is 0 Å². The number of nitrogens with two attached hydrogens (primary N) is 1. The van der Waals surface area contributed by atoms with Gasteiger partial charge in [-0.25, -0.2) is 19.2 Å². The summed E-state index contributed by atoms with van der Waals surface area (Å²) < 4.78 is 27.3. The monoisotopic (exact) mass is 326 g/mol. The fraction of sp³-hybridized carbons (Fsp3) is 0.154. The van der Waals surface area contributed by atoms with Crippen molar-refractivity contribution in [2.45, 2.75) is 18.2 Å². The minimum absolute atomic E-state index is 0.0302. The number of nitrogens with zero attached hydrogens (tertiary/aromatic N) is 1. The molecule has 0 saturated heterocycles. The number of anilines is 2. The van der Waals surface area contributed by atoms with E-state index in [2.05, 4.69) is 15.1 Å². The summed E-state index contributed by atoms with van der Waals surface area (Å²) in [6, 6.07) is 8.49. The second-order valence-electron chi connectivity index (χ2n) is 4.26. The molecule has 0 fully saturated rings. The van der Waals surface area contributed by atoms with Gasteiger partial charge in [0.05, 0.1) is 10.7 Å². The number of nitrogen functional groups attached to an aromatic ring is 1. The molecule has 0 aliphatic rings. The van der Waals surface area contributed by atoms with Gasteiger partial charge in [0.1, 0.15) is 4.90 Å². The Balaban J connectivity index is 2.36. The average molecular weight is 327 g/mol. The van der Waals surface area contributed by atoms with E-state index >= 15 is 0 Å². The molecule has 21 heavy (non-hydrogen) atoms. The average Bonchev–Trinajstić information content (AvgIpc) is 2.47. The first-order chi connectivity index (χ1) is 9.97. The van der Waals surface area contributed by atoms with E-state index in [0.29, 0.717) is 12.1 Å². The van der Waals surface area contributed by atoms with Crippen molar-refractivity contribution in [2.75, 3.05) is 10.1 Å². The minimum Gasteiger partial charge on any atom is -0.307 e. The van der Waals surface area contributed by atoms with E-state index in [1.807, 2.05) is 19.1 Å². The van der Waals surface area contributed by atoms with Crippen LogP contribution in [0.15, 0.2) is 41.4 Å². The lowest BCUT2D eigenvalue weighted by Gasteiger charge is -2.12. The lowest BCUT2D eigenvalue weighted by molar-refractivity contribution is 0.601. The van der Waals surface area contributed by atoms with Crippen molar-refractivity contribution in [3.63, 3.8) is 0 Å². The molecule has 6 nitrogen and oxygen atoms in total. The number of hydrogen-bond donors (Lipinski definition) is 3. The molecule has 2 rings (SSSR count). The number of hydrogen-bond acceptors (Lipinski definition) is 5. The zero-order valence-electron chi connectivity index (χ0n) is 11.3. The summed E-state index contributed by atoms with van der Waals surface area (Å²) in [4.78, 5) is 3.83. The fourth-order valence-corrected chi connectivity index (χ4v) is 3.16. The molecule has 112 valence electrons. The topological polar surface area (TPSA) is 97.1 Å². The summed E-state index contributed by atoms with van der Waals surface area (Å²) in [5, 5.41) is 0.129. The number of pyridine rings is 1. The lowest BCUT2D eigenvalue weighted by atomic mass is 10.1. The van der Waals surface area contributed by atoms with Crippen LogP contribution in [0.3, 0.4) is 0 Å². The summed E-state index contributed by atoms with van der Waals surface area (Å²) in [6.07, 6.45) is 1.91. The van der Waals surface area contributed by atoms with Crippen LogP contribution in [0, 0.1) is 0 Å². The van der Waals surface area contributed by atoms with E-state index in [1.165, 1.54) is 12.3 Å². The van der Waals surface area contributed by atoms with Crippen molar-refractivity contribution in [2.24, 2.45) is 5.84 Å². The summed E-state index contributed by atoms with van der Waals surface area (Å²) in [5.41, 5.74) is 3.73. The van der Waals surface area contributed by atoms with Crippen LogP contribution in [0.2, 0.25) is 5.02 Å². The Morgan fingerprint density at radius 3 is 2.67 bits per heavy atom. The third-order valence-electron chi connectivity index (χ3n) is 2.91. The third kappa shape index (κ3) is 3.44. The van der Waals surface area contributed by atoms with Crippen molar-refractivity contribution in [3.8, 4) is 0 Å². The zero-order valence-corrected chi connectivity index (χ0v) is 12.9. The van der Waals surface area contributed by atoms with Crippen molar-refractivity contribution in [3.05, 3.63) is 47.1 Å². The van der Waals surface area contributed by atoms with Gasteiger partial charge in [0.15, 0.2) is 5.82 Å². The molecular formula is C13H15ClN4O2S. The van der Waals surface area contributed by atoms with Gasteiger partial charge in [0, 0.05) is 6.20 Å². The molecule has 0 saturated carbocycles. The number of halogens is 1. The van der Waals surface area contributed by atoms with Crippen LogP contribution in [0.1, 0.15) is 12.5 Å². The Labute approximate surface area is 128 Å². The molecule has 0 spiro atoms. The Morgan fingerprint density at radius 1 is 1.33 bits per heavy atom. The first-order valence-corrected chi connectivity index (χ1v) is 8.07. The normalized spacial score (nSPS) is 11.2. The summed E-state index contributed by atoms with van der Waals surface area (Å²) in [6.45, 7) is 1.95. The molecule has 0 atom stereocenters. The van der Waals surface area contributed by atoms with Gasteiger partial charge in [-0.15, -0.1) is 0 Å². The number of rotatable bonds is 5. The molecule has 0 aliphatic heterocycles. The number of aromatic nitrogens is 1. The highest BCUT2D eigenvalue weighted by atomic mass is 35.5. The van der Waals surface area contributed by atoms with Crippen molar-refractivity contribution >= 4 is 33.1 Å². The highest BCUT2D eigenvalue weighted by Gasteiger charge is 2.17. The molecule has 1 aromatic carbocycles. The van der Waals surface area contributed by atoms with E-state index in [0.717, 1.165) is 5.56 Å². The van der Waals surface area contributed by atoms with Gasteiger partial charge in [0.25, 0.3) is 10.0 Å². The van der Waals surface area contributed by atoms with Crippen molar-refractivity contribution < 1.29 is 8.42 Å². The molecule has 0 unspecified atom stereocenters. The fourth-order valence-electron chi connectivity index (χ4n) is 1.81. The van der Waals surface area contributed by atoms with E-state index in [9.17, 15) is 8.42 Å². The second-order valence-corrected chi connectivity index (χ2v) is 6.35. The smallest absolute Gasteiger partial charge is 0.263 e. The molecule has 0 radical (unpaired) electrons. The Morgan fingerprint density at radius 2 is 2.05 bits per heavy atom. The van der Waals surface area contributed by atoms with Crippen LogP contribution in [0.25, 0.3) is 0 Å². The van der Waals surface area contributed by atoms with Gasteiger partial charge in [-0.05, 0) is 24.1 Å². The Bertz CT molecular complexity index is 750. The maximum absolute atomic E-state index is 12.4. The number of nitrogens with one attached hydrogen (secondary N) is 2. The van der Waals surface area contributed by atoms with Crippen molar-refractivity contribution in [1.82, 2.24) is 4.98 Å². The number of aryl methyl sites for hydroxylation is 1. The molecule has 0 aliphatic carbocycles. The Kier molecular flexibility index (Phi) is 4.66.